The van der Waals surface area contributed by atoms with Gasteiger partial charge in [-0.25, -0.2) is 0 Å². The van der Waals surface area contributed by atoms with Crippen LogP contribution >= 0.6 is 39.0 Å². The van der Waals surface area contributed by atoms with E-state index in [0.717, 1.165) is 16.6 Å². The lowest BCUT2D eigenvalue weighted by molar-refractivity contribution is -0.117. The SMILES string of the molecule is O=C(Cc1sccc1Br)C1CCCS1. The summed E-state index contributed by atoms with van der Waals surface area (Å²) in [6, 6.07) is 2.01. The second kappa shape index (κ2) is 4.81. The number of Topliss-reactive ketones (excluding diaryl/α,β-unsaturated/α-hetero) is 1. The van der Waals surface area contributed by atoms with E-state index in [4.69, 9.17) is 0 Å². The highest BCUT2D eigenvalue weighted by Gasteiger charge is 2.23. The maximum atomic E-state index is 11.8. The number of thiophene rings is 1. The van der Waals surface area contributed by atoms with Crippen molar-refractivity contribution in [1.82, 2.24) is 0 Å². The van der Waals surface area contributed by atoms with Gasteiger partial charge in [0.25, 0.3) is 0 Å². The number of hydrogen-bond acceptors (Lipinski definition) is 3. The van der Waals surface area contributed by atoms with Gasteiger partial charge >= 0.3 is 0 Å². The molecule has 1 saturated heterocycles. The normalized spacial score (nSPS) is 21.4. The standard InChI is InChI=1S/C10H11BrOS2/c11-7-3-5-14-10(7)6-8(12)9-2-1-4-13-9/h3,5,9H,1-2,4,6H2. The summed E-state index contributed by atoms with van der Waals surface area (Å²) in [7, 11) is 0. The summed E-state index contributed by atoms with van der Waals surface area (Å²) in [5.41, 5.74) is 0. The first kappa shape index (κ1) is 10.7. The number of carbonyl (C=O) groups is 1. The number of hydrogen-bond donors (Lipinski definition) is 0. The minimum absolute atomic E-state index is 0.268. The second-order valence-electron chi connectivity index (χ2n) is 3.34. The van der Waals surface area contributed by atoms with Crippen molar-refractivity contribution in [3.05, 3.63) is 20.8 Å². The molecule has 14 heavy (non-hydrogen) atoms. The molecule has 2 rings (SSSR count). The zero-order valence-electron chi connectivity index (χ0n) is 7.66. The second-order valence-corrected chi connectivity index (χ2v) is 6.50. The molecule has 0 N–H and O–H groups in total. The molecule has 1 unspecified atom stereocenters. The number of ketones is 1. The van der Waals surface area contributed by atoms with Crippen molar-refractivity contribution < 1.29 is 4.79 Å². The largest absolute Gasteiger partial charge is 0.298 e. The van der Waals surface area contributed by atoms with Crippen molar-refractivity contribution >= 4 is 44.8 Å². The summed E-state index contributed by atoms with van der Waals surface area (Å²) in [6.07, 6.45) is 2.88. The van der Waals surface area contributed by atoms with E-state index in [2.05, 4.69) is 15.9 Å². The Morgan fingerprint density at radius 2 is 2.50 bits per heavy atom. The molecule has 1 fully saturated rings. The number of halogens is 1. The Labute approximate surface area is 100 Å². The monoisotopic (exact) mass is 290 g/mol. The number of rotatable bonds is 3. The van der Waals surface area contributed by atoms with Gasteiger partial charge in [0.2, 0.25) is 0 Å². The summed E-state index contributed by atoms with van der Waals surface area (Å²) >= 11 is 6.93. The highest BCUT2D eigenvalue weighted by molar-refractivity contribution is 9.10. The average molecular weight is 291 g/mol. The molecule has 0 aromatic carbocycles. The Balaban J connectivity index is 1.97. The molecule has 0 aliphatic carbocycles. The van der Waals surface area contributed by atoms with E-state index in [0.29, 0.717) is 12.2 Å². The zero-order chi connectivity index (χ0) is 9.97. The van der Waals surface area contributed by atoms with Gasteiger partial charge in [-0.1, -0.05) is 0 Å². The molecule has 1 aliphatic heterocycles. The lowest BCUT2D eigenvalue weighted by Gasteiger charge is -2.05. The topological polar surface area (TPSA) is 17.1 Å². The van der Waals surface area contributed by atoms with Gasteiger partial charge in [-0.3, -0.25) is 4.79 Å². The average Bonchev–Trinajstić information content (AvgIpc) is 2.77. The molecule has 1 atom stereocenters. The Morgan fingerprint density at radius 1 is 1.64 bits per heavy atom. The quantitative estimate of drug-likeness (QED) is 0.847. The molecule has 1 nitrogen and oxygen atoms in total. The molecule has 1 aliphatic rings. The van der Waals surface area contributed by atoms with E-state index in [9.17, 15) is 4.79 Å². The summed E-state index contributed by atoms with van der Waals surface area (Å²) in [5.74, 6) is 1.55. The van der Waals surface area contributed by atoms with Crippen molar-refractivity contribution in [2.75, 3.05) is 5.75 Å². The van der Waals surface area contributed by atoms with Crippen LogP contribution in [0, 0.1) is 0 Å². The van der Waals surface area contributed by atoms with Crippen LogP contribution in [0.3, 0.4) is 0 Å². The fraction of sp³-hybridized carbons (Fsp3) is 0.500. The minimum atomic E-state index is 0.268. The Hall–Kier alpha value is 0.200. The first-order valence-corrected chi connectivity index (χ1v) is 7.35. The molecule has 1 aromatic rings. The third kappa shape index (κ3) is 2.41. The first-order valence-electron chi connectivity index (χ1n) is 4.63. The maximum absolute atomic E-state index is 11.8. The summed E-state index contributed by atoms with van der Waals surface area (Å²) in [4.78, 5) is 13.0. The van der Waals surface area contributed by atoms with Crippen LogP contribution in [0.1, 0.15) is 17.7 Å². The Kier molecular flexibility index (Phi) is 3.68. The summed E-state index contributed by atoms with van der Waals surface area (Å²) in [6.45, 7) is 0. The van der Waals surface area contributed by atoms with E-state index in [-0.39, 0.29) is 5.25 Å². The number of carbonyl (C=O) groups excluding carboxylic acids is 1. The van der Waals surface area contributed by atoms with Gasteiger partial charge in [0, 0.05) is 15.8 Å². The smallest absolute Gasteiger partial charge is 0.151 e. The lowest BCUT2D eigenvalue weighted by Crippen LogP contribution is -2.15. The van der Waals surface area contributed by atoms with Gasteiger partial charge in [-0.05, 0) is 46.0 Å². The molecular formula is C10H11BrOS2. The van der Waals surface area contributed by atoms with Crippen LogP contribution in [-0.4, -0.2) is 16.8 Å². The van der Waals surface area contributed by atoms with Crippen molar-refractivity contribution in [3.8, 4) is 0 Å². The van der Waals surface area contributed by atoms with Gasteiger partial charge in [-0.2, -0.15) is 11.8 Å². The fourth-order valence-electron chi connectivity index (χ4n) is 1.55. The van der Waals surface area contributed by atoms with Crippen molar-refractivity contribution in [2.45, 2.75) is 24.5 Å². The third-order valence-corrected chi connectivity index (χ3v) is 5.67. The first-order chi connectivity index (χ1) is 6.77. The van der Waals surface area contributed by atoms with E-state index in [1.807, 2.05) is 23.2 Å². The van der Waals surface area contributed by atoms with Crippen LogP contribution in [0.25, 0.3) is 0 Å². The van der Waals surface area contributed by atoms with Crippen molar-refractivity contribution in [1.29, 1.82) is 0 Å². The molecular weight excluding hydrogens is 280 g/mol. The van der Waals surface area contributed by atoms with E-state index in [1.54, 1.807) is 11.3 Å². The predicted octanol–water partition coefficient (Wildman–Crippen LogP) is 3.52. The summed E-state index contributed by atoms with van der Waals surface area (Å²) in [5, 5.41) is 2.29. The predicted molar refractivity (Wildman–Crippen MR) is 66.2 cm³/mol. The highest BCUT2D eigenvalue weighted by atomic mass is 79.9. The molecule has 4 heteroatoms. The third-order valence-electron chi connectivity index (χ3n) is 2.31. The molecule has 0 amide bonds. The molecule has 0 bridgehead atoms. The maximum Gasteiger partial charge on any atom is 0.151 e. The Bertz CT molecular complexity index is 329. The lowest BCUT2D eigenvalue weighted by atomic mass is 10.1. The van der Waals surface area contributed by atoms with E-state index >= 15 is 0 Å². The highest BCUT2D eigenvalue weighted by Crippen LogP contribution is 2.30. The van der Waals surface area contributed by atoms with Gasteiger partial charge in [0.1, 0.15) is 0 Å². The van der Waals surface area contributed by atoms with Crippen molar-refractivity contribution in [2.24, 2.45) is 0 Å². The molecule has 76 valence electrons. The number of thioether (sulfide) groups is 1. The molecule has 0 radical (unpaired) electrons. The minimum Gasteiger partial charge on any atom is -0.298 e. The van der Waals surface area contributed by atoms with Gasteiger partial charge < -0.3 is 0 Å². The van der Waals surface area contributed by atoms with E-state index < -0.39 is 0 Å². The summed E-state index contributed by atoms with van der Waals surface area (Å²) < 4.78 is 1.08. The van der Waals surface area contributed by atoms with Crippen molar-refractivity contribution in [3.63, 3.8) is 0 Å². The Morgan fingerprint density at radius 3 is 3.07 bits per heavy atom. The molecule has 0 spiro atoms. The van der Waals surface area contributed by atoms with Crippen LogP contribution in [0.5, 0.6) is 0 Å². The van der Waals surface area contributed by atoms with Gasteiger partial charge in [0.15, 0.2) is 5.78 Å². The van der Waals surface area contributed by atoms with Crippen LogP contribution < -0.4 is 0 Å². The molecule has 1 aromatic heterocycles. The van der Waals surface area contributed by atoms with Crippen LogP contribution in [0.15, 0.2) is 15.9 Å². The molecule has 0 saturated carbocycles. The zero-order valence-corrected chi connectivity index (χ0v) is 10.9. The van der Waals surface area contributed by atoms with Gasteiger partial charge in [0.05, 0.1) is 5.25 Å². The fourth-order valence-corrected chi connectivity index (χ4v) is 4.28. The van der Waals surface area contributed by atoms with Crippen LogP contribution in [-0.2, 0) is 11.2 Å². The van der Waals surface area contributed by atoms with Crippen LogP contribution in [0.4, 0.5) is 0 Å². The van der Waals surface area contributed by atoms with Gasteiger partial charge in [-0.15, -0.1) is 11.3 Å². The van der Waals surface area contributed by atoms with E-state index in [1.165, 1.54) is 11.3 Å². The van der Waals surface area contributed by atoms with Crippen LogP contribution in [0.2, 0.25) is 0 Å². The molecule has 2 heterocycles.